The van der Waals surface area contributed by atoms with E-state index in [-0.39, 0.29) is 12.1 Å². The van der Waals surface area contributed by atoms with E-state index in [1.54, 1.807) is 0 Å². The largest absolute Gasteiger partial charge is 0.493 e. The van der Waals surface area contributed by atoms with Gasteiger partial charge in [0.25, 0.3) is 0 Å². The van der Waals surface area contributed by atoms with Crippen LogP contribution in [0.4, 0.5) is 0 Å². The zero-order valence-electron chi connectivity index (χ0n) is 20.4. The molecule has 1 N–H and O–H groups in total. The Kier molecular flexibility index (Phi) is 10.9. The lowest BCUT2D eigenvalue weighted by atomic mass is 10.1. The van der Waals surface area contributed by atoms with Gasteiger partial charge in [-0.15, -0.1) is 0 Å². The molecule has 0 spiro atoms. The number of aliphatic imine (C=N–C) groups is 2. The van der Waals surface area contributed by atoms with Crippen molar-refractivity contribution in [2.24, 2.45) is 9.98 Å². The van der Waals surface area contributed by atoms with Crippen LogP contribution >= 0.6 is 0 Å². The Morgan fingerprint density at radius 3 is 1.73 bits per heavy atom. The van der Waals surface area contributed by atoms with Crippen molar-refractivity contribution in [2.45, 2.75) is 96.6 Å². The van der Waals surface area contributed by atoms with Crippen LogP contribution in [0.15, 0.2) is 22.1 Å². The molecule has 0 saturated carbocycles. The Labute approximate surface area is 198 Å². The SMILES string of the molecule is CCC1COC(c2cc(OCCCCCCCCCCCO)cc(C3=NC(CC)CO3)n2)=N1. The number of aromatic nitrogens is 1. The van der Waals surface area contributed by atoms with E-state index in [2.05, 4.69) is 23.8 Å². The smallest absolute Gasteiger partial charge is 0.235 e. The van der Waals surface area contributed by atoms with Crippen molar-refractivity contribution in [1.82, 2.24) is 4.98 Å². The average molecular weight is 460 g/mol. The number of aliphatic hydroxyl groups is 1. The molecule has 33 heavy (non-hydrogen) atoms. The lowest BCUT2D eigenvalue weighted by Crippen LogP contribution is -2.11. The van der Waals surface area contributed by atoms with Crippen LogP contribution in [0.3, 0.4) is 0 Å². The molecule has 0 bridgehead atoms. The quantitative estimate of drug-likeness (QED) is 0.349. The molecule has 7 heteroatoms. The highest BCUT2D eigenvalue weighted by Crippen LogP contribution is 2.22. The van der Waals surface area contributed by atoms with Gasteiger partial charge in [-0.05, 0) is 25.7 Å². The Balaban J connectivity index is 1.51. The molecule has 3 rings (SSSR count). The fraction of sp³-hybridized carbons (Fsp3) is 0.731. The zero-order chi connectivity index (χ0) is 23.3. The van der Waals surface area contributed by atoms with Crippen molar-refractivity contribution in [1.29, 1.82) is 0 Å². The van der Waals surface area contributed by atoms with Crippen molar-refractivity contribution in [3.05, 3.63) is 23.5 Å². The predicted molar refractivity (Wildman–Crippen MR) is 132 cm³/mol. The average Bonchev–Trinajstić information content (AvgIpc) is 3.52. The van der Waals surface area contributed by atoms with E-state index in [4.69, 9.17) is 24.3 Å². The summed E-state index contributed by atoms with van der Waals surface area (Å²) in [4.78, 5) is 14.1. The Hall–Kier alpha value is -2.15. The van der Waals surface area contributed by atoms with Gasteiger partial charge in [0.1, 0.15) is 30.4 Å². The van der Waals surface area contributed by atoms with Crippen LogP contribution in [-0.2, 0) is 9.47 Å². The maximum atomic E-state index is 8.81. The molecule has 0 aromatic carbocycles. The van der Waals surface area contributed by atoms with Gasteiger partial charge >= 0.3 is 0 Å². The summed E-state index contributed by atoms with van der Waals surface area (Å²) in [6.45, 7) is 6.43. The molecule has 0 radical (unpaired) electrons. The van der Waals surface area contributed by atoms with E-state index in [1.807, 2.05) is 12.1 Å². The van der Waals surface area contributed by atoms with Gasteiger partial charge in [0.2, 0.25) is 11.8 Å². The molecule has 184 valence electrons. The van der Waals surface area contributed by atoms with Crippen LogP contribution in [0.5, 0.6) is 5.75 Å². The van der Waals surface area contributed by atoms with Gasteiger partial charge in [0, 0.05) is 18.7 Å². The summed E-state index contributed by atoms with van der Waals surface area (Å²) in [6, 6.07) is 4.21. The Bertz CT molecular complexity index is 733. The van der Waals surface area contributed by atoms with Gasteiger partial charge in [0.15, 0.2) is 0 Å². The number of hydrogen-bond acceptors (Lipinski definition) is 7. The van der Waals surface area contributed by atoms with Gasteiger partial charge in [-0.2, -0.15) is 0 Å². The molecule has 0 saturated heterocycles. The molecule has 0 amide bonds. The summed E-state index contributed by atoms with van der Waals surface area (Å²) in [5, 5.41) is 8.81. The third-order valence-corrected chi connectivity index (χ3v) is 6.18. The fourth-order valence-electron chi connectivity index (χ4n) is 3.98. The number of unbranched alkanes of at least 4 members (excludes halogenated alkanes) is 8. The van der Waals surface area contributed by atoms with E-state index in [0.717, 1.165) is 37.9 Å². The normalized spacial score (nSPS) is 19.7. The summed E-state index contributed by atoms with van der Waals surface area (Å²) in [5.74, 6) is 1.92. The maximum Gasteiger partial charge on any atom is 0.235 e. The molecular formula is C26H41N3O4. The second-order valence-corrected chi connectivity index (χ2v) is 8.94. The number of ether oxygens (including phenoxy) is 3. The predicted octanol–water partition coefficient (Wildman–Crippen LogP) is 5.07. The molecule has 0 fully saturated rings. The molecule has 3 heterocycles. The first kappa shape index (κ1) is 25.5. The van der Waals surface area contributed by atoms with Crippen molar-refractivity contribution >= 4 is 11.8 Å². The molecule has 7 nitrogen and oxygen atoms in total. The second-order valence-electron chi connectivity index (χ2n) is 8.94. The topological polar surface area (TPSA) is 85.5 Å². The van der Waals surface area contributed by atoms with E-state index in [1.165, 1.54) is 38.5 Å². The summed E-state index contributed by atoms with van der Waals surface area (Å²) < 4.78 is 17.7. The van der Waals surface area contributed by atoms with Crippen molar-refractivity contribution in [3.8, 4) is 5.75 Å². The van der Waals surface area contributed by atoms with Gasteiger partial charge in [-0.25, -0.2) is 15.0 Å². The molecular weight excluding hydrogens is 418 g/mol. The highest BCUT2D eigenvalue weighted by molar-refractivity contribution is 5.97. The summed E-state index contributed by atoms with van der Waals surface area (Å²) >= 11 is 0. The Morgan fingerprint density at radius 2 is 1.27 bits per heavy atom. The third-order valence-electron chi connectivity index (χ3n) is 6.18. The van der Waals surface area contributed by atoms with Crippen LogP contribution < -0.4 is 4.74 Å². The van der Waals surface area contributed by atoms with Gasteiger partial charge in [-0.3, -0.25) is 0 Å². The lowest BCUT2D eigenvalue weighted by Gasteiger charge is -2.11. The minimum atomic E-state index is 0.189. The van der Waals surface area contributed by atoms with E-state index < -0.39 is 0 Å². The lowest BCUT2D eigenvalue weighted by molar-refractivity contribution is 0.282. The number of aliphatic hydroxyl groups excluding tert-OH is 1. The highest BCUT2D eigenvalue weighted by Gasteiger charge is 2.24. The van der Waals surface area contributed by atoms with E-state index >= 15 is 0 Å². The number of nitrogens with zero attached hydrogens (tertiary/aromatic N) is 3. The van der Waals surface area contributed by atoms with E-state index in [0.29, 0.717) is 49.6 Å². The molecule has 2 aliphatic rings. The minimum Gasteiger partial charge on any atom is -0.493 e. The minimum absolute atomic E-state index is 0.189. The Morgan fingerprint density at radius 1 is 0.788 bits per heavy atom. The second kappa shape index (κ2) is 14.2. The van der Waals surface area contributed by atoms with Crippen LogP contribution in [0.25, 0.3) is 0 Å². The first-order chi connectivity index (χ1) is 16.2. The summed E-state index contributed by atoms with van der Waals surface area (Å²) in [7, 11) is 0. The molecule has 2 aliphatic heterocycles. The van der Waals surface area contributed by atoms with Gasteiger partial charge < -0.3 is 19.3 Å². The summed E-state index contributed by atoms with van der Waals surface area (Å²) in [5.41, 5.74) is 1.37. The molecule has 1 aromatic heterocycles. The number of rotatable bonds is 16. The van der Waals surface area contributed by atoms with Crippen LogP contribution in [0.1, 0.15) is 95.9 Å². The molecule has 2 atom stereocenters. The highest BCUT2D eigenvalue weighted by atomic mass is 16.5. The van der Waals surface area contributed by atoms with Crippen LogP contribution in [0, 0.1) is 0 Å². The fourth-order valence-corrected chi connectivity index (χ4v) is 3.98. The van der Waals surface area contributed by atoms with Gasteiger partial charge in [-0.1, -0.05) is 58.8 Å². The van der Waals surface area contributed by atoms with E-state index in [9.17, 15) is 0 Å². The van der Waals surface area contributed by atoms with Crippen molar-refractivity contribution in [2.75, 3.05) is 26.4 Å². The summed E-state index contributed by atoms with van der Waals surface area (Å²) in [6.07, 6.45) is 12.5. The third kappa shape index (κ3) is 8.29. The van der Waals surface area contributed by atoms with Crippen molar-refractivity contribution < 1.29 is 19.3 Å². The molecule has 2 unspecified atom stereocenters. The first-order valence-corrected chi connectivity index (χ1v) is 12.9. The zero-order valence-corrected chi connectivity index (χ0v) is 20.4. The standard InChI is InChI=1S/C26H41N3O4/c1-3-20-18-32-25(27-20)23-16-22(17-24(29-23)26-28-21(4-2)19-33-26)31-15-13-11-9-7-5-6-8-10-12-14-30/h16-17,20-21,30H,3-15,18-19H2,1-2H3. The van der Waals surface area contributed by atoms with Crippen LogP contribution in [0.2, 0.25) is 0 Å². The first-order valence-electron chi connectivity index (χ1n) is 12.9. The molecule has 1 aromatic rings. The van der Waals surface area contributed by atoms with Crippen LogP contribution in [-0.4, -0.2) is 60.4 Å². The number of hydrogen-bond donors (Lipinski definition) is 1. The molecule has 0 aliphatic carbocycles. The van der Waals surface area contributed by atoms with Gasteiger partial charge in [0.05, 0.1) is 18.7 Å². The maximum absolute atomic E-state index is 8.81. The number of pyridine rings is 1. The van der Waals surface area contributed by atoms with Crippen molar-refractivity contribution in [3.63, 3.8) is 0 Å². The monoisotopic (exact) mass is 459 g/mol.